The van der Waals surface area contributed by atoms with E-state index >= 15 is 0 Å². The Balaban J connectivity index is 2.52. The lowest BCUT2D eigenvalue weighted by molar-refractivity contribution is 0.303. The van der Waals surface area contributed by atoms with Crippen molar-refractivity contribution in [2.75, 3.05) is 13.6 Å². The summed E-state index contributed by atoms with van der Waals surface area (Å²) in [6.45, 7) is 6.33. The molecule has 0 aliphatic carbocycles. The highest BCUT2D eigenvalue weighted by Crippen LogP contribution is 2.18. The Morgan fingerprint density at radius 1 is 1.31 bits per heavy atom. The lowest BCUT2D eigenvalue weighted by Crippen LogP contribution is -2.20. The molecule has 0 radical (unpaired) electrons. The van der Waals surface area contributed by atoms with Crippen LogP contribution in [0.4, 0.5) is 0 Å². The second kappa shape index (κ2) is 6.43. The maximum atomic E-state index is 6.01. The molecule has 2 nitrogen and oxygen atoms in total. The fourth-order valence-electron chi connectivity index (χ4n) is 1.41. The summed E-state index contributed by atoms with van der Waals surface area (Å²) in [7, 11) is 2.09. The van der Waals surface area contributed by atoms with Crippen LogP contribution in [0.1, 0.15) is 25.8 Å². The number of pyridine rings is 1. The highest BCUT2D eigenvalue weighted by Gasteiger charge is 2.06. The Labute approximate surface area is 108 Å². The van der Waals surface area contributed by atoms with Crippen LogP contribution in [-0.2, 0) is 6.54 Å². The topological polar surface area (TPSA) is 16.1 Å². The SMILES string of the molecule is CC(C)CCN(C)Cc1ccc(Cl)nc1Cl. The highest BCUT2D eigenvalue weighted by molar-refractivity contribution is 6.32. The number of halogens is 2. The van der Waals surface area contributed by atoms with Crippen molar-refractivity contribution in [1.82, 2.24) is 9.88 Å². The van der Waals surface area contributed by atoms with Gasteiger partial charge in [-0.2, -0.15) is 0 Å². The third kappa shape index (κ3) is 4.69. The van der Waals surface area contributed by atoms with Crippen LogP contribution in [-0.4, -0.2) is 23.5 Å². The van der Waals surface area contributed by atoms with Crippen LogP contribution >= 0.6 is 23.2 Å². The maximum Gasteiger partial charge on any atom is 0.135 e. The van der Waals surface area contributed by atoms with Gasteiger partial charge in [-0.05, 0) is 32.0 Å². The maximum absolute atomic E-state index is 6.01. The van der Waals surface area contributed by atoms with Gasteiger partial charge in [-0.25, -0.2) is 4.98 Å². The molecule has 0 aromatic carbocycles. The van der Waals surface area contributed by atoms with E-state index in [1.165, 1.54) is 6.42 Å². The molecule has 0 fully saturated rings. The molecule has 16 heavy (non-hydrogen) atoms. The zero-order valence-electron chi connectivity index (χ0n) is 10.0. The summed E-state index contributed by atoms with van der Waals surface area (Å²) in [4.78, 5) is 6.27. The molecular weight excluding hydrogens is 243 g/mol. The van der Waals surface area contributed by atoms with Gasteiger partial charge in [0.2, 0.25) is 0 Å². The van der Waals surface area contributed by atoms with Crippen molar-refractivity contribution >= 4 is 23.2 Å². The predicted octanol–water partition coefficient (Wildman–Crippen LogP) is 3.87. The van der Waals surface area contributed by atoms with Crippen LogP contribution in [0.3, 0.4) is 0 Å². The van der Waals surface area contributed by atoms with Gasteiger partial charge in [-0.3, -0.25) is 0 Å². The van der Waals surface area contributed by atoms with Gasteiger partial charge in [0.1, 0.15) is 10.3 Å². The minimum atomic E-state index is 0.443. The molecule has 1 heterocycles. The molecule has 90 valence electrons. The number of hydrogen-bond acceptors (Lipinski definition) is 2. The van der Waals surface area contributed by atoms with Crippen molar-refractivity contribution in [1.29, 1.82) is 0 Å². The van der Waals surface area contributed by atoms with Gasteiger partial charge in [0, 0.05) is 12.1 Å². The largest absolute Gasteiger partial charge is 0.302 e. The molecule has 0 unspecified atom stereocenters. The second-order valence-electron chi connectivity index (χ2n) is 4.50. The monoisotopic (exact) mass is 260 g/mol. The Hall–Kier alpha value is -0.310. The van der Waals surface area contributed by atoms with Crippen LogP contribution in [0.15, 0.2) is 12.1 Å². The summed E-state index contributed by atoms with van der Waals surface area (Å²) in [5.41, 5.74) is 1.03. The van der Waals surface area contributed by atoms with E-state index in [1.54, 1.807) is 6.07 Å². The standard InChI is InChI=1S/C12H18Cl2N2/c1-9(2)6-7-16(3)8-10-4-5-11(13)15-12(10)14/h4-5,9H,6-8H2,1-3H3. The minimum absolute atomic E-state index is 0.443. The van der Waals surface area contributed by atoms with Gasteiger partial charge in [-0.15, -0.1) is 0 Å². The average Bonchev–Trinajstić information content (AvgIpc) is 2.19. The zero-order valence-corrected chi connectivity index (χ0v) is 11.5. The summed E-state index contributed by atoms with van der Waals surface area (Å²) in [6.07, 6.45) is 1.19. The Kier molecular flexibility index (Phi) is 5.53. The van der Waals surface area contributed by atoms with Crippen molar-refractivity contribution in [3.8, 4) is 0 Å². The van der Waals surface area contributed by atoms with Crippen molar-refractivity contribution < 1.29 is 0 Å². The summed E-state index contributed by atoms with van der Waals surface area (Å²) < 4.78 is 0. The van der Waals surface area contributed by atoms with Crippen molar-refractivity contribution in [2.24, 2.45) is 5.92 Å². The third-order valence-electron chi connectivity index (χ3n) is 2.42. The van der Waals surface area contributed by atoms with E-state index in [4.69, 9.17) is 23.2 Å². The summed E-state index contributed by atoms with van der Waals surface area (Å²) in [5, 5.41) is 0.947. The van der Waals surface area contributed by atoms with Gasteiger partial charge < -0.3 is 4.90 Å². The highest BCUT2D eigenvalue weighted by atomic mass is 35.5. The first-order valence-corrected chi connectivity index (χ1v) is 6.24. The molecule has 0 saturated heterocycles. The number of hydrogen-bond donors (Lipinski definition) is 0. The van der Waals surface area contributed by atoms with Crippen LogP contribution in [0.5, 0.6) is 0 Å². The first-order valence-electron chi connectivity index (χ1n) is 5.48. The minimum Gasteiger partial charge on any atom is -0.302 e. The number of rotatable bonds is 5. The lowest BCUT2D eigenvalue weighted by Gasteiger charge is -2.18. The summed E-state index contributed by atoms with van der Waals surface area (Å²) >= 11 is 11.8. The molecule has 0 N–H and O–H groups in total. The molecular formula is C12H18Cl2N2. The van der Waals surface area contributed by atoms with E-state index in [0.29, 0.717) is 10.3 Å². The van der Waals surface area contributed by atoms with Gasteiger partial charge in [0.15, 0.2) is 0 Å². The Morgan fingerprint density at radius 2 is 2.00 bits per heavy atom. The van der Waals surface area contributed by atoms with Crippen LogP contribution in [0.25, 0.3) is 0 Å². The van der Waals surface area contributed by atoms with Crippen molar-refractivity contribution in [3.63, 3.8) is 0 Å². The van der Waals surface area contributed by atoms with Gasteiger partial charge >= 0.3 is 0 Å². The van der Waals surface area contributed by atoms with E-state index in [9.17, 15) is 0 Å². The average molecular weight is 261 g/mol. The van der Waals surface area contributed by atoms with E-state index in [-0.39, 0.29) is 0 Å². The van der Waals surface area contributed by atoms with Crippen LogP contribution < -0.4 is 0 Å². The molecule has 1 rings (SSSR count). The van der Waals surface area contributed by atoms with E-state index < -0.39 is 0 Å². The quantitative estimate of drug-likeness (QED) is 0.748. The van der Waals surface area contributed by atoms with Crippen LogP contribution in [0.2, 0.25) is 10.3 Å². The molecule has 4 heteroatoms. The summed E-state index contributed by atoms with van der Waals surface area (Å²) in [6, 6.07) is 3.71. The van der Waals surface area contributed by atoms with Gasteiger partial charge in [-0.1, -0.05) is 43.1 Å². The lowest BCUT2D eigenvalue weighted by atomic mass is 10.1. The third-order valence-corrected chi connectivity index (χ3v) is 2.96. The predicted molar refractivity (Wildman–Crippen MR) is 70.0 cm³/mol. The van der Waals surface area contributed by atoms with Gasteiger partial charge in [0.25, 0.3) is 0 Å². The molecule has 1 aromatic rings. The first-order chi connectivity index (χ1) is 7.49. The molecule has 0 spiro atoms. The Morgan fingerprint density at radius 3 is 2.56 bits per heavy atom. The molecule has 0 aliphatic heterocycles. The Bertz CT molecular complexity index is 340. The van der Waals surface area contributed by atoms with E-state index in [2.05, 4.69) is 30.8 Å². The first kappa shape index (κ1) is 13.8. The van der Waals surface area contributed by atoms with Crippen LogP contribution in [0, 0.1) is 5.92 Å². The van der Waals surface area contributed by atoms with Gasteiger partial charge in [0.05, 0.1) is 0 Å². The second-order valence-corrected chi connectivity index (χ2v) is 5.25. The normalized spacial score (nSPS) is 11.4. The number of aromatic nitrogens is 1. The molecule has 0 saturated carbocycles. The molecule has 0 atom stereocenters. The smallest absolute Gasteiger partial charge is 0.135 e. The number of nitrogens with zero attached hydrogens (tertiary/aromatic N) is 2. The molecule has 0 aliphatic rings. The van der Waals surface area contributed by atoms with Crippen molar-refractivity contribution in [3.05, 3.63) is 28.0 Å². The fourth-order valence-corrected chi connectivity index (χ4v) is 1.81. The zero-order chi connectivity index (χ0) is 12.1. The van der Waals surface area contributed by atoms with E-state index in [1.807, 2.05) is 6.07 Å². The fraction of sp³-hybridized carbons (Fsp3) is 0.583. The van der Waals surface area contributed by atoms with E-state index in [0.717, 1.165) is 24.6 Å². The molecule has 0 amide bonds. The summed E-state index contributed by atoms with van der Waals surface area (Å²) in [5.74, 6) is 0.723. The van der Waals surface area contributed by atoms with Crippen molar-refractivity contribution in [2.45, 2.75) is 26.8 Å². The molecule has 1 aromatic heterocycles. The molecule has 0 bridgehead atoms.